The van der Waals surface area contributed by atoms with Crippen molar-refractivity contribution in [1.82, 2.24) is 4.98 Å². The molecule has 2 N–H and O–H groups in total. The molecule has 0 radical (unpaired) electrons. The maximum Gasteiger partial charge on any atom is 0.323 e. The molecule has 2 amide bonds. The molecule has 3 aromatic rings. The molecule has 8 heteroatoms. The van der Waals surface area contributed by atoms with Crippen LogP contribution >= 0.6 is 40.7 Å². The molecule has 138 valence electrons. The van der Waals surface area contributed by atoms with Gasteiger partial charge in [-0.2, -0.15) is 0 Å². The minimum Gasteiger partial charge on any atom is -0.378 e. The van der Waals surface area contributed by atoms with Crippen molar-refractivity contribution in [3.8, 4) is 0 Å². The van der Waals surface area contributed by atoms with Crippen LogP contribution in [0.1, 0.15) is 0 Å². The number of para-hydroxylation sites is 1. The van der Waals surface area contributed by atoms with Gasteiger partial charge < -0.3 is 15.5 Å². The van der Waals surface area contributed by atoms with Crippen LogP contribution in [0, 0.1) is 0 Å². The van der Waals surface area contributed by atoms with E-state index in [0.29, 0.717) is 5.69 Å². The number of hydrogen-bond donors (Lipinski definition) is 2. The lowest BCUT2D eigenvalue weighted by molar-refractivity contribution is 0.262. The van der Waals surface area contributed by atoms with Gasteiger partial charge in [0.2, 0.25) is 0 Å². The van der Waals surface area contributed by atoms with Gasteiger partial charge in [0, 0.05) is 41.5 Å². The number of halogens is 3. The zero-order valence-corrected chi connectivity index (χ0v) is 17.4. The van der Waals surface area contributed by atoms with Crippen molar-refractivity contribution in [3.63, 3.8) is 0 Å². The lowest BCUT2D eigenvalue weighted by Gasteiger charge is -2.13. The van der Waals surface area contributed by atoms with E-state index >= 15 is 0 Å². The molecule has 2 aromatic carbocycles. The van der Waals surface area contributed by atoms with E-state index < -0.39 is 0 Å². The van der Waals surface area contributed by atoms with Crippen molar-refractivity contribution < 1.29 is 4.79 Å². The second-order valence-electron chi connectivity index (χ2n) is 5.51. The highest BCUT2D eigenvalue weighted by Crippen LogP contribution is 2.27. The van der Waals surface area contributed by atoms with Gasteiger partial charge in [0.15, 0.2) is 0 Å². The highest BCUT2D eigenvalue weighted by Gasteiger charge is 2.08. The van der Waals surface area contributed by atoms with Crippen LogP contribution in [-0.4, -0.2) is 25.1 Å². The smallest absolute Gasteiger partial charge is 0.323 e. The molecular formula is C18H19BrCl2N4O. The van der Waals surface area contributed by atoms with Crippen molar-refractivity contribution in [2.24, 2.45) is 0 Å². The Morgan fingerprint density at radius 2 is 1.69 bits per heavy atom. The fourth-order valence-corrected chi connectivity index (χ4v) is 2.85. The number of nitrogens with zero attached hydrogens (tertiary/aromatic N) is 2. The van der Waals surface area contributed by atoms with Gasteiger partial charge in [-0.05, 0) is 52.3 Å². The predicted molar refractivity (Wildman–Crippen MR) is 117 cm³/mol. The maximum atomic E-state index is 12.3. The highest BCUT2D eigenvalue weighted by atomic mass is 79.9. The van der Waals surface area contributed by atoms with E-state index in [1.165, 1.54) is 0 Å². The van der Waals surface area contributed by atoms with Crippen molar-refractivity contribution in [2.45, 2.75) is 0 Å². The van der Waals surface area contributed by atoms with Crippen LogP contribution < -0.4 is 15.5 Å². The summed E-state index contributed by atoms with van der Waals surface area (Å²) < 4.78 is 0.892. The van der Waals surface area contributed by atoms with Gasteiger partial charge in [0.1, 0.15) is 0 Å². The van der Waals surface area contributed by atoms with E-state index in [4.69, 9.17) is 0 Å². The Bertz CT molecular complexity index is 888. The SMILES string of the molecule is CN(C)c1ccc(NC(=O)Nc2ccnc3c(Br)cccc23)cc1.Cl.Cl. The number of carbonyl (C=O) groups excluding carboxylic acids is 1. The maximum absolute atomic E-state index is 12.3. The van der Waals surface area contributed by atoms with Gasteiger partial charge in [0.05, 0.1) is 11.2 Å². The van der Waals surface area contributed by atoms with E-state index in [9.17, 15) is 4.79 Å². The molecule has 0 aliphatic heterocycles. The molecule has 0 unspecified atom stereocenters. The number of rotatable bonds is 3. The largest absolute Gasteiger partial charge is 0.378 e. The van der Waals surface area contributed by atoms with Crippen molar-refractivity contribution in [3.05, 3.63) is 59.2 Å². The Hall–Kier alpha value is -2.02. The summed E-state index contributed by atoms with van der Waals surface area (Å²) in [4.78, 5) is 18.6. The van der Waals surface area contributed by atoms with Gasteiger partial charge in [-0.3, -0.25) is 4.98 Å². The van der Waals surface area contributed by atoms with E-state index in [-0.39, 0.29) is 30.8 Å². The summed E-state index contributed by atoms with van der Waals surface area (Å²) in [5.74, 6) is 0. The first-order valence-corrected chi connectivity index (χ1v) is 8.22. The average molecular weight is 458 g/mol. The molecule has 0 spiro atoms. The monoisotopic (exact) mass is 456 g/mol. The number of nitrogens with one attached hydrogen (secondary N) is 2. The van der Waals surface area contributed by atoms with Crippen LogP contribution in [0.25, 0.3) is 10.9 Å². The second-order valence-corrected chi connectivity index (χ2v) is 6.37. The zero-order valence-electron chi connectivity index (χ0n) is 14.2. The molecule has 0 aliphatic rings. The molecule has 0 atom stereocenters. The van der Waals surface area contributed by atoms with Gasteiger partial charge in [0.25, 0.3) is 0 Å². The summed E-state index contributed by atoms with van der Waals surface area (Å²) in [5.41, 5.74) is 3.33. The van der Waals surface area contributed by atoms with Crippen LogP contribution in [0.15, 0.2) is 59.2 Å². The minimum atomic E-state index is -0.292. The summed E-state index contributed by atoms with van der Waals surface area (Å²) in [7, 11) is 3.95. The molecular weight excluding hydrogens is 439 g/mol. The first-order valence-electron chi connectivity index (χ1n) is 7.43. The van der Waals surface area contributed by atoms with E-state index in [0.717, 1.165) is 26.8 Å². The Kier molecular flexibility index (Phi) is 8.14. The van der Waals surface area contributed by atoms with Gasteiger partial charge in [-0.25, -0.2) is 4.79 Å². The summed E-state index contributed by atoms with van der Waals surface area (Å²) in [6.07, 6.45) is 1.68. The third kappa shape index (κ3) is 5.00. The zero-order chi connectivity index (χ0) is 17.1. The Balaban J connectivity index is 0.00000169. The van der Waals surface area contributed by atoms with E-state index in [2.05, 4.69) is 31.5 Å². The van der Waals surface area contributed by atoms with Crippen LogP contribution in [0.2, 0.25) is 0 Å². The fraction of sp³-hybridized carbons (Fsp3) is 0.111. The van der Waals surface area contributed by atoms with E-state index in [1.54, 1.807) is 12.3 Å². The average Bonchev–Trinajstić information content (AvgIpc) is 2.56. The second kappa shape index (κ2) is 9.62. The van der Waals surface area contributed by atoms with Crippen LogP contribution in [0.4, 0.5) is 21.9 Å². The minimum absolute atomic E-state index is 0. The number of carbonyl (C=O) groups is 1. The number of anilines is 3. The summed E-state index contributed by atoms with van der Waals surface area (Å²) >= 11 is 3.47. The summed E-state index contributed by atoms with van der Waals surface area (Å²) in [6.45, 7) is 0. The topological polar surface area (TPSA) is 57.3 Å². The van der Waals surface area contributed by atoms with Crippen molar-refractivity contribution >= 4 is 74.7 Å². The van der Waals surface area contributed by atoms with Crippen LogP contribution in [0.5, 0.6) is 0 Å². The Labute approximate surface area is 173 Å². The molecule has 0 saturated carbocycles. The Morgan fingerprint density at radius 3 is 2.35 bits per heavy atom. The predicted octanol–water partition coefficient (Wildman–Crippen LogP) is 5.55. The number of amides is 2. The normalized spacial score (nSPS) is 9.65. The van der Waals surface area contributed by atoms with Gasteiger partial charge >= 0.3 is 6.03 Å². The molecule has 1 heterocycles. The van der Waals surface area contributed by atoms with Crippen LogP contribution in [0.3, 0.4) is 0 Å². The quantitative estimate of drug-likeness (QED) is 0.541. The third-order valence-corrected chi connectivity index (χ3v) is 4.25. The van der Waals surface area contributed by atoms with Crippen molar-refractivity contribution in [1.29, 1.82) is 0 Å². The molecule has 5 nitrogen and oxygen atoms in total. The lowest BCUT2D eigenvalue weighted by atomic mass is 10.2. The van der Waals surface area contributed by atoms with Crippen LogP contribution in [-0.2, 0) is 0 Å². The summed E-state index contributed by atoms with van der Waals surface area (Å²) in [6, 6.07) is 14.9. The number of pyridine rings is 1. The first kappa shape index (κ1) is 22.0. The molecule has 0 fully saturated rings. The fourth-order valence-electron chi connectivity index (χ4n) is 2.38. The Morgan fingerprint density at radius 1 is 1.00 bits per heavy atom. The van der Waals surface area contributed by atoms with Gasteiger partial charge in [-0.15, -0.1) is 24.8 Å². The molecule has 26 heavy (non-hydrogen) atoms. The summed E-state index contributed by atoms with van der Waals surface area (Å²) in [5, 5.41) is 6.59. The lowest BCUT2D eigenvalue weighted by Crippen LogP contribution is -2.19. The third-order valence-electron chi connectivity index (χ3n) is 3.61. The van der Waals surface area contributed by atoms with Gasteiger partial charge in [-0.1, -0.05) is 12.1 Å². The first-order chi connectivity index (χ1) is 11.5. The number of hydrogen-bond acceptors (Lipinski definition) is 3. The molecule has 0 bridgehead atoms. The number of benzene rings is 2. The molecule has 0 saturated heterocycles. The molecule has 0 aliphatic carbocycles. The molecule has 3 rings (SSSR count). The number of urea groups is 1. The van der Waals surface area contributed by atoms with Crippen molar-refractivity contribution in [2.75, 3.05) is 29.6 Å². The number of aromatic nitrogens is 1. The number of fused-ring (bicyclic) bond motifs is 1. The highest BCUT2D eigenvalue weighted by molar-refractivity contribution is 9.10. The standard InChI is InChI=1S/C18H17BrN4O.2ClH/c1-23(2)13-8-6-12(7-9-13)21-18(24)22-16-10-11-20-17-14(16)4-3-5-15(17)19;;/h3-11H,1-2H3,(H2,20,21,22,24);2*1H. The van der Waals surface area contributed by atoms with E-state index in [1.807, 2.05) is 61.5 Å². The molecule has 1 aromatic heterocycles.